The molecule has 2 N–H and O–H groups in total. The predicted octanol–water partition coefficient (Wildman–Crippen LogP) is 4.07. The van der Waals surface area contributed by atoms with Crippen LogP contribution in [0.25, 0.3) is 0 Å². The molecule has 5 rings (SSSR count). The van der Waals surface area contributed by atoms with E-state index in [0.29, 0.717) is 38.5 Å². The van der Waals surface area contributed by atoms with Crippen LogP contribution in [-0.4, -0.2) is 58.6 Å². The van der Waals surface area contributed by atoms with E-state index >= 15 is 0 Å². The lowest BCUT2D eigenvalue weighted by atomic mass is 9.89. The van der Waals surface area contributed by atoms with Gasteiger partial charge in [0, 0.05) is 50.0 Å². The van der Waals surface area contributed by atoms with Crippen LogP contribution in [0.2, 0.25) is 0 Å². The van der Waals surface area contributed by atoms with Crippen molar-refractivity contribution in [2.24, 2.45) is 0 Å². The Morgan fingerprint density at radius 3 is 2.53 bits per heavy atom. The van der Waals surface area contributed by atoms with Crippen molar-refractivity contribution in [2.75, 3.05) is 31.5 Å². The van der Waals surface area contributed by atoms with E-state index in [1.807, 2.05) is 23.1 Å². The molecule has 0 radical (unpaired) electrons. The van der Waals surface area contributed by atoms with Gasteiger partial charge in [0.2, 0.25) is 0 Å². The molecule has 1 amide bonds. The third-order valence-electron chi connectivity index (χ3n) is 7.54. The van der Waals surface area contributed by atoms with Crippen LogP contribution in [-0.2, 0) is 13.0 Å². The van der Waals surface area contributed by atoms with Crippen molar-refractivity contribution in [3.63, 3.8) is 0 Å². The minimum absolute atomic E-state index is 0.0778. The molecule has 2 fully saturated rings. The molecule has 2 aliphatic heterocycles. The fourth-order valence-corrected chi connectivity index (χ4v) is 5.62. The molecular formula is C27H35N3O2. The van der Waals surface area contributed by atoms with Crippen molar-refractivity contribution in [1.82, 2.24) is 9.80 Å². The minimum atomic E-state index is -0.713. The van der Waals surface area contributed by atoms with E-state index in [4.69, 9.17) is 0 Å². The van der Waals surface area contributed by atoms with E-state index in [-0.39, 0.29) is 5.91 Å². The number of carbonyl (C=O) groups is 1. The second kappa shape index (κ2) is 9.24. The molecule has 2 aromatic carbocycles. The number of hydrogen-bond acceptors (Lipinski definition) is 4. The zero-order valence-corrected chi connectivity index (χ0v) is 18.9. The first kappa shape index (κ1) is 21.5. The highest BCUT2D eigenvalue weighted by molar-refractivity contribution is 5.95. The SMILES string of the molecule is O=C(c1cccc(NC2CCCC2)c1)N1CCC(O)(CN2CCc3ccccc3C2)CC1. The Kier molecular flexibility index (Phi) is 6.20. The molecule has 3 aliphatic rings. The number of nitrogens with zero attached hydrogens (tertiary/aromatic N) is 2. The van der Waals surface area contributed by atoms with Crippen LogP contribution in [0, 0.1) is 0 Å². The number of aliphatic hydroxyl groups is 1. The second-order valence-corrected chi connectivity index (χ2v) is 9.95. The minimum Gasteiger partial charge on any atom is -0.388 e. The Morgan fingerprint density at radius 2 is 1.75 bits per heavy atom. The Morgan fingerprint density at radius 1 is 1.00 bits per heavy atom. The van der Waals surface area contributed by atoms with Crippen LogP contribution in [0.15, 0.2) is 48.5 Å². The molecule has 0 bridgehead atoms. The maximum absolute atomic E-state index is 13.1. The van der Waals surface area contributed by atoms with Gasteiger partial charge in [-0.2, -0.15) is 0 Å². The molecule has 2 heterocycles. The van der Waals surface area contributed by atoms with Crippen LogP contribution >= 0.6 is 0 Å². The third-order valence-corrected chi connectivity index (χ3v) is 7.54. The van der Waals surface area contributed by atoms with Gasteiger partial charge in [-0.15, -0.1) is 0 Å². The molecule has 5 heteroatoms. The average molecular weight is 434 g/mol. The number of carbonyl (C=O) groups excluding carboxylic acids is 1. The van der Waals surface area contributed by atoms with Gasteiger partial charge in [0.25, 0.3) is 5.91 Å². The molecule has 1 aliphatic carbocycles. The number of piperidine rings is 1. The second-order valence-electron chi connectivity index (χ2n) is 9.95. The number of nitrogens with one attached hydrogen (secondary N) is 1. The third kappa shape index (κ3) is 4.84. The lowest BCUT2D eigenvalue weighted by Crippen LogP contribution is -2.52. The van der Waals surface area contributed by atoms with Crippen LogP contribution in [0.1, 0.15) is 60.0 Å². The Balaban J connectivity index is 1.16. The number of likely N-dealkylation sites (tertiary alicyclic amines) is 1. The monoisotopic (exact) mass is 433 g/mol. The van der Waals surface area contributed by atoms with Crippen LogP contribution in [0.4, 0.5) is 5.69 Å². The van der Waals surface area contributed by atoms with Gasteiger partial charge < -0.3 is 15.3 Å². The van der Waals surface area contributed by atoms with Gasteiger partial charge >= 0.3 is 0 Å². The molecule has 1 saturated carbocycles. The normalized spacial score (nSPS) is 21.3. The number of rotatable bonds is 5. The van der Waals surface area contributed by atoms with Gasteiger partial charge in [0.1, 0.15) is 0 Å². The topological polar surface area (TPSA) is 55.8 Å². The van der Waals surface area contributed by atoms with E-state index in [9.17, 15) is 9.90 Å². The average Bonchev–Trinajstić information content (AvgIpc) is 3.32. The molecule has 2 aromatic rings. The number of fused-ring (bicyclic) bond motifs is 1. The smallest absolute Gasteiger partial charge is 0.253 e. The lowest BCUT2D eigenvalue weighted by molar-refractivity contribution is -0.0430. The summed E-state index contributed by atoms with van der Waals surface area (Å²) in [5, 5.41) is 14.8. The highest BCUT2D eigenvalue weighted by atomic mass is 16.3. The van der Waals surface area contributed by atoms with Crippen molar-refractivity contribution < 1.29 is 9.90 Å². The summed E-state index contributed by atoms with van der Waals surface area (Å²) in [6.45, 7) is 3.80. The number of anilines is 1. The lowest BCUT2D eigenvalue weighted by Gasteiger charge is -2.42. The molecule has 0 unspecified atom stereocenters. The summed E-state index contributed by atoms with van der Waals surface area (Å²) in [4.78, 5) is 17.4. The molecule has 5 nitrogen and oxygen atoms in total. The van der Waals surface area contributed by atoms with Gasteiger partial charge in [-0.3, -0.25) is 9.69 Å². The van der Waals surface area contributed by atoms with Crippen molar-refractivity contribution in [1.29, 1.82) is 0 Å². The van der Waals surface area contributed by atoms with Gasteiger partial charge in [0.05, 0.1) is 5.60 Å². The van der Waals surface area contributed by atoms with Gasteiger partial charge in [-0.05, 0) is 61.4 Å². The van der Waals surface area contributed by atoms with Crippen LogP contribution in [0.5, 0.6) is 0 Å². The molecule has 0 aromatic heterocycles. The highest BCUT2D eigenvalue weighted by Crippen LogP contribution is 2.28. The standard InChI is InChI=1S/C27H35N3O2/c31-26(22-8-5-11-25(18-22)28-24-9-3-4-10-24)30-16-13-27(32,14-17-30)20-29-15-12-21-6-1-2-7-23(21)19-29/h1-2,5-8,11,18,24,28,32H,3-4,9-10,12-17,19-20H2. The van der Waals surface area contributed by atoms with E-state index in [2.05, 4.69) is 40.5 Å². The molecular weight excluding hydrogens is 398 g/mol. The quantitative estimate of drug-likeness (QED) is 0.747. The predicted molar refractivity (Wildman–Crippen MR) is 128 cm³/mol. The Labute approximate surface area is 191 Å². The van der Waals surface area contributed by atoms with Crippen LogP contribution in [0.3, 0.4) is 0 Å². The maximum Gasteiger partial charge on any atom is 0.253 e. The van der Waals surface area contributed by atoms with Crippen molar-refractivity contribution in [2.45, 2.75) is 63.1 Å². The van der Waals surface area contributed by atoms with Crippen molar-refractivity contribution in [3.8, 4) is 0 Å². The molecule has 1 saturated heterocycles. The van der Waals surface area contributed by atoms with Crippen LogP contribution < -0.4 is 5.32 Å². The van der Waals surface area contributed by atoms with E-state index in [1.54, 1.807) is 0 Å². The summed E-state index contributed by atoms with van der Waals surface area (Å²) in [6, 6.07) is 17.1. The molecule has 170 valence electrons. The van der Waals surface area contributed by atoms with Gasteiger partial charge in [-0.25, -0.2) is 0 Å². The zero-order valence-electron chi connectivity index (χ0n) is 18.9. The first-order chi connectivity index (χ1) is 15.6. The maximum atomic E-state index is 13.1. The van der Waals surface area contributed by atoms with Crippen molar-refractivity contribution in [3.05, 3.63) is 65.2 Å². The number of amides is 1. The van der Waals surface area contributed by atoms with E-state index in [0.717, 1.165) is 30.8 Å². The first-order valence-corrected chi connectivity index (χ1v) is 12.3. The highest BCUT2D eigenvalue weighted by Gasteiger charge is 2.36. The summed E-state index contributed by atoms with van der Waals surface area (Å²) >= 11 is 0. The fraction of sp³-hybridized carbons (Fsp3) is 0.519. The van der Waals surface area contributed by atoms with E-state index in [1.165, 1.54) is 36.8 Å². The number of benzene rings is 2. The first-order valence-electron chi connectivity index (χ1n) is 12.3. The van der Waals surface area contributed by atoms with Crippen molar-refractivity contribution >= 4 is 11.6 Å². The summed E-state index contributed by atoms with van der Waals surface area (Å²) in [6.07, 6.45) is 7.32. The van der Waals surface area contributed by atoms with E-state index < -0.39 is 5.60 Å². The summed E-state index contributed by atoms with van der Waals surface area (Å²) in [7, 11) is 0. The Bertz CT molecular complexity index is 945. The summed E-state index contributed by atoms with van der Waals surface area (Å²) in [5.41, 5.74) is 3.88. The molecule has 0 spiro atoms. The summed E-state index contributed by atoms with van der Waals surface area (Å²) in [5.74, 6) is 0.0778. The molecule has 0 atom stereocenters. The Hall–Kier alpha value is -2.37. The number of β-amino-alcohol motifs (C(OH)–C–C–N with tert-alkyl or cyclic N) is 1. The van der Waals surface area contributed by atoms with Gasteiger partial charge in [0.15, 0.2) is 0 Å². The fourth-order valence-electron chi connectivity index (χ4n) is 5.62. The zero-order chi connectivity index (χ0) is 22.0. The molecule has 32 heavy (non-hydrogen) atoms. The number of hydrogen-bond donors (Lipinski definition) is 2. The van der Waals surface area contributed by atoms with Gasteiger partial charge in [-0.1, -0.05) is 43.2 Å². The largest absolute Gasteiger partial charge is 0.388 e. The summed E-state index contributed by atoms with van der Waals surface area (Å²) < 4.78 is 0.